The quantitative estimate of drug-likeness (QED) is 0.203. The number of benzene rings is 4. The summed E-state index contributed by atoms with van der Waals surface area (Å²) in [4.78, 5) is 29.6. The second kappa shape index (κ2) is 14.8. The minimum atomic E-state index is -4.37. The van der Waals surface area contributed by atoms with Crippen molar-refractivity contribution in [3.63, 3.8) is 0 Å². The highest BCUT2D eigenvalue weighted by molar-refractivity contribution is 7.92. The Morgan fingerprint density at radius 3 is 2.02 bits per heavy atom. The molecule has 0 heterocycles. The normalized spacial score (nSPS) is 12.6. The molecule has 0 aliphatic rings. The summed E-state index contributed by atoms with van der Waals surface area (Å²) in [5.74, 6) is -1.79. The summed E-state index contributed by atoms with van der Waals surface area (Å²) in [7, 11) is -4.37. The van der Waals surface area contributed by atoms with E-state index in [0.29, 0.717) is 6.42 Å². The summed E-state index contributed by atoms with van der Waals surface area (Å²) in [6, 6.07) is 28.8. The third-order valence-corrected chi connectivity index (χ3v) is 9.25. The molecule has 4 aromatic carbocycles. The molecule has 0 spiro atoms. The first-order valence-corrected chi connectivity index (χ1v) is 16.1. The van der Waals surface area contributed by atoms with Gasteiger partial charge >= 0.3 is 0 Å². The molecule has 0 saturated heterocycles. The van der Waals surface area contributed by atoms with Crippen LogP contribution >= 0.6 is 0 Å². The van der Waals surface area contributed by atoms with E-state index < -0.39 is 34.3 Å². The van der Waals surface area contributed by atoms with Crippen LogP contribution in [0.4, 0.5) is 10.1 Å². The van der Waals surface area contributed by atoms with E-state index in [-0.39, 0.29) is 35.5 Å². The van der Waals surface area contributed by atoms with Gasteiger partial charge in [-0.05, 0) is 55.7 Å². The molecule has 0 unspecified atom stereocenters. The van der Waals surface area contributed by atoms with Crippen molar-refractivity contribution in [2.45, 2.75) is 57.1 Å². The fourth-order valence-electron chi connectivity index (χ4n) is 4.77. The van der Waals surface area contributed by atoms with Crippen LogP contribution < -0.4 is 9.62 Å². The lowest BCUT2D eigenvalue weighted by atomic mass is 10.0. The zero-order valence-corrected chi connectivity index (χ0v) is 26.0. The maximum absolute atomic E-state index is 15.2. The van der Waals surface area contributed by atoms with Gasteiger partial charge in [0.2, 0.25) is 11.8 Å². The fourth-order valence-corrected chi connectivity index (χ4v) is 6.22. The van der Waals surface area contributed by atoms with Crippen molar-refractivity contribution in [2.24, 2.45) is 0 Å². The summed E-state index contributed by atoms with van der Waals surface area (Å²) < 4.78 is 43.8. The van der Waals surface area contributed by atoms with Crippen molar-refractivity contribution >= 4 is 27.5 Å². The number of anilines is 1. The second-order valence-corrected chi connectivity index (χ2v) is 12.7. The van der Waals surface area contributed by atoms with Gasteiger partial charge in [0, 0.05) is 19.0 Å². The molecule has 0 aromatic heterocycles. The first kappa shape index (κ1) is 32.4. The maximum atomic E-state index is 15.2. The van der Waals surface area contributed by atoms with E-state index in [1.54, 1.807) is 18.2 Å². The molecule has 44 heavy (non-hydrogen) atoms. The average molecular weight is 616 g/mol. The van der Waals surface area contributed by atoms with Gasteiger partial charge in [-0.1, -0.05) is 97.4 Å². The molecule has 0 bridgehead atoms. The Kier molecular flexibility index (Phi) is 10.9. The second-order valence-electron chi connectivity index (χ2n) is 10.8. The van der Waals surface area contributed by atoms with Crippen LogP contribution in [0, 0.1) is 12.7 Å². The molecule has 2 atom stereocenters. The van der Waals surface area contributed by atoms with Gasteiger partial charge in [0.05, 0.1) is 10.6 Å². The van der Waals surface area contributed by atoms with Gasteiger partial charge in [-0.3, -0.25) is 13.9 Å². The maximum Gasteiger partial charge on any atom is 0.264 e. The topological polar surface area (TPSA) is 86.8 Å². The molecule has 4 aromatic rings. The number of amides is 2. The number of carbonyl (C=O) groups is 2. The van der Waals surface area contributed by atoms with E-state index in [1.807, 2.05) is 75.4 Å². The number of rotatable bonds is 13. The van der Waals surface area contributed by atoms with Crippen LogP contribution in [0.5, 0.6) is 0 Å². The van der Waals surface area contributed by atoms with E-state index in [9.17, 15) is 18.0 Å². The lowest BCUT2D eigenvalue weighted by Crippen LogP contribution is -2.54. The van der Waals surface area contributed by atoms with Gasteiger partial charge in [0.1, 0.15) is 18.4 Å². The average Bonchev–Trinajstić information content (AvgIpc) is 3.03. The monoisotopic (exact) mass is 615 g/mol. The Balaban J connectivity index is 1.81. The summed E-state index contributed by atoms with van der Waals surface area (Å²) in [5, 5.41) is 3.01. The van der Waals surface area contributed by atoms with Crippen molar-refractivity contribution in [3.8, 4) is 0 Å². The highest BCUT2D eigenvalue weighted by Gasteiger charge is 2.35. The number of hydrogen-bond donors (Lipinski definition) is 1. The highest BCUT2D eigenvalue weighted by Crippen LogP contribution is 2.27. The Hall–Kier alpha value is -4.50. The Labute approximate surface area is 259 Å². The Morgan fingerprint density at radius 1 is 0.818 bits per heavy atom. The van der Waals surface area contributed by atoms with Crippen LogP contribution in [0.3, 0.4) is 0 Å². The molecule has 4 rings (SSSR count). The Morgan fingerprint density at radius 2 is 1.41 bits per heavy atom. The fraction of sp³-hybridized carbons (Fsp3) is 0.257. The molecule has 0 saturated carbocycles. The molecule has 0 aliphatic heterocycles. The van der Waals surface area contributed by atoms with E-state index >= 15 is 4.39 Å². The first-order chi connectivity index (χ1) is 21.1. The number of carbonyl (C=O) groups excluding carboxylic acids is 2. The molecule has 230 valence electrons. The zero-order valence-electron chi connectivity index (χ0n) is 25.2. The van der Waals surface area contributed by atoms with Crippen LogP contribution in [-0.2, 0) is 32.6 Å². The molecule has 0 radical (unpaired) electrons. The molecule has 0 fully saturated rings. The predicted molar refractivity (Wildman–Crippen MR) is 171 cm³/mol. The minimum Gasteiger partial charge on any atom is -0.352 e. The van der Waals surface area contributed by atoms with E-state index in [4.69, 9.17) is 0 Å². The molecule has 2 amide bonds. The number of sulfonamides is 1. The first-order valence-electron chi connectivity index (χ1n) is 14.6. The van der Waals surface area contributed by atoms with Crippen molar-refractivity contribution in [1.82, 2.24) is 10.2 Å². The SMILES string of the molecule is CC[C@@H](C)NC(=O)[C@H](Cc1ccccc1)N(Cc1ccc(C)cc1)C(=O)CN(c1ccccc1F)S(=O)(=O)c1ccccc1. The lowest BCUT2D eigenvalue weighted by molar-refractivity contribution is -0.140. The molecular weight excluding hydrogens is 577 g/mol. The van der Waals surface area contributed by atoms with Crippen LogP contribution in [0.2, 0.25) is 0 Å². The highest BCUT2D eigenvalue weighted by atomic mass is 32.2. The third kappa shape index (κ3) is 8.11. The molecule has 0 aliphatic carbocycles. The standard InChI is InChI=1S/C35H38FN3O4S/c1-4-27(3)37-35(41)33(23-28-13-7-5-8-14-28)38(24-29-21-19-26(2)20-22-29)34(40)25-39(32-18-12-11-17-31(32)36)44(42,43)30-15-9-6-10-16-30/h5-22,27,33H,4,23-25H2,1-3H3,(H,37,41)/t27-,33+/m1/s1. The zero-order chi connectivity index (χ0) is 31.7. The van der Waals surface area contributed by atoms with Crippen molar-refractivity contribution < 1.29 is 22.4 Å². The Bertz CT molecular complexity index is 1650. The molecule has 9 heteroatoms. The number of halogens is 1. The van der Waals surface area contributed by atoms with E-state index in [2.05, 4.69) is 5.32 Å². The predicted octanol–water partition coefficient (Wildman–Crippen LogP) is 5.88. The van der Waals surface area contributed by atoms with Crippen LogP contribution in [0.25, 0.3) is 0 Å². The largest absolute Gasteiger partial charge is 0.352 e. The third-order valence-electron chi connectivity index (χ3n) is 7.48. The molecule has 7 nitrogen and oxygen atoms in total. The molecular formula is C35H38FN3O4S. The van der Waals surface area contributed by atoms with E-state index in [1.165, 1.54) is 35.2 Å². The van der Waals surface area contributed by atoms with Gasteiger partial charge in [-0.25, -0.2) is 12.8 Å². The molecule has 1 N–H and O–H groups in total. The number of nitrogens with one attached hydrogen (secondary N) is 1. The van der Waals surface area contributed by atoms with Gasteiger partial charge < -0.3 is 10.2 Å². The van der Waals surface area contributed by atoms with Gasteiger partial charge in [0.25, 0.3) is 10.0 Å². The lowest BCUT2D eigenvalue weighted by Gasteiger charge is -2.34. The van der Waals surface area contributed by atoms with Crippen molar-refractivity contribution in [2.75, 3.05) is 10.8 Å². The number of nitrogens with zero attached hydrogens (tertiary/aromatic N) is 2. The van der Waals surface area contributed by atoms with Gasteiger partial charge in [0.15, 0.2) is 0 Å². The number of aryl methyl sites for hydroxylation is 1. The van der Waals surface area contributed by atoms with Gasteiger partial charge in [-0.15, -0.1) is 0 Å². The van der Waals surface area contributed by atoms with Crippen molar-refractivity contribution in [1.29, 1.82) is 0 Å². The summed E-state index contributed by atoms with van der Waals surface area (Å²) >= 11 is 0. The smallest absolute Gasteiger partial charge is 0.264 e. The summed E-state index contributed by atoms with van der Waals surface area (Å²) in [5.41, 5.74) is 2.37. The summed E-state index contributed by atoms with van der Waals surface area (Å²) in [6.45, 7) is 5.11. The number of para-hydroxylation sites is 1. The van der Waals surface area contributed by atoms with E-state index in [0.717, 1.165) is 27.1 Å². The minimum absolute atomic E-state index is 0.0427. The van der Waals surface area contributed by atoms with Crippen molar-refractivity contribution in [3.05, 3.63) is 132 Å². The van der Waals surface area contributed by atoms with Crippen LogP contribution in [0.1, 0.15) is 37.0 Å². The number of hydrogen-bond acceptors (Lipinski definition) is 4. The van der Waals surface area contributed by atoms with Gasteiger partial charge in [-0.2, -0.15) is 0 Å². The van der Waals surface area contributed by atoms with Crippen LogP contribution in [-0.4, -0.2) is 43.8 Å². The summed E-state index contributed by atoms with van der Waals surface area (Å²) in [6.07, 6.45) is 0.887. The van der Waals surface area contributed by atoms with Crippen LogP contribution in [0.15, 0.2) is 114 Å².